The van der Waals surface area contributed by atoms with E-state index in [1.165, 1.54) is 25.3 Å². The first kappa shape index (κ1) is 23.5. The molecule has 33 heavy (non-hydrogen) atoms. The fraction of sp³-hybridized carbons (Fsp3) is 0.0385. The average molecular weight is 461 g/mol. The summed E-state index contributed by atoms with van der Waals surface area (Å²) in [6, 6.07) is 22.3. The first-order chi connectivity index (χ1) is 16.0. The van der Waals surface area contributed by atoms with E-state index in [-0.39, 0.29) is 16.3 Å². The summed E-state index contributed by atoms with van der Waals surface area (Å²) >= 11 is 6.12. The highest BCUT2D eigenvalue weighted by atomic mass is 35.5. The fourth-order valence-electron chi connectivity index (χ4n) is 2.83. The van der Waals surface area contributed by atoms with Crippen molar-refractivity contribution in [2.75, 3.05) is 12.4 Å². The van der Waals surface area contributed by atoms with E-state index in [2.05, 4.69) is 15.4 Å². The van der Waals surface area contributed by atoms with Crippen LogP contribution in [0.15, 0.2) is 96.7 Å². The number of esters is 1. The lowest BCUT2D eigenvalue weighted by Gasteiger charge is -2.11. The lowest BCUT2D eigenvalue weighted by Crippen LogP contribution is -2.31. The number of hydrogen-bond acceptors (Lipinski definition) is 4. The first-order valence-corrected chi connectivity index (χ1v) is 10.3. The molecule has 0 aliphatic carbocycles. The Bertz CT molecular complexity index is 1200. The molecule has 0 saturated heterocycles. The Kier molecular flexibility index (Phi) is 8.16. The van der Waals surface area contributed by atoms with E-state index in [0.29, 0.717) is 11.3 Å². The van der Waals surface area contributed by atoms with E-state index in [1.54, 1.807) is 48.6 Å². The predicted molar refractivity (Wildman–Crippen MR) is 129 cm³/mol. The molecule has 0 atom stereocenters. The van der Waals surface area contributed by atoms with Crippen LogP contribution >= 0.6 is 11.6 Å². The number of benzene rings is 3. The highest BCUT2D eigenvalue weighted by Crippen LogP contribution is 2.16. The van der Waals surface area contributed by atoms with Crippen LogP contribution in [-0.2, 0) is 9.53 Å². The van der Waals surface area contributed by atoms with Crippen molar-refractivity contribution in [3.05, 3.63) is 118 Å². The minimum atomic E-state index is -0.543. The summed E-state index contributed by atoms with van der Waals surface area (Å²) in [5.41, 5.74) is 1.99. The standard InChI is InChI=1S/C26H21ClN2O4/c1-33-26(32)19-14-16-20(17-15-19)28-25(31)23(13-7-10-18-8-3-2-4-9-18)29-24(30)21-11-5-6-12-22(21)27/h2-17H,1H3,(H,28,31)(H,29,30)/b10-7+,23-13+. The number of hydrogen-bond donors (Lipinski definition) is 2. The summed E-state index contributed by atoms with van der Waals surface area (Å²) in [4.78, 5) is 37.2. The number of methoxy groups -OCH3 is 1. The normalized spacial score (nSPS) is 11.2. The second-order valence-corrected chi connectivity index (χ2v) is 7.21. The van der Waals surface area contributed by atoms with Crippen molar-refractivity contribution in [1.82, 2.24) is 5.32 Å². The van der Waals surface area contributed by atoms with Crippen LogP contribution in [0.2, 0.25) is 5.02 Å². The molecule has 7 heteroatoms. The monoisotopic (exact) mass is 460 g/mol. The molecular weight excluding hydrogens is 440 g/mol. The summed E-state index contributed by atoms with van der Waals surface area (Å²) in [5.74, 6) is -1.54. The van der Waals surface area contributed by atoms with Crippen molar-refractivity contribution in [3.8, 4) is 0 Å². The summed E-state index contributed by atoms with van der Waals surface area (Å²) in [6.45, 7) is 0. The zero-order chi connectivity index (χ0) is 23.6. The quantitative estimate of drug-likeness (QED) is 0.292. The van der Waals surface area contributed by atoms with E-state index in [1.807, 2.05) is 30.3 Å². The predicted octanol–water partition coefficient (Wildman–Crippen LogP) is 5.09. The topological polar surface area (TPSA) is 84.5 Å². The van der Waals surface area contributed by atoms with E-state index in [0.717, 1.165) is 5.56 Å². The van der Waals surface area contributed by atoms with Crippen molar-refractivity contribution in [2.24, 2.45) is 0 Å². The highest BCUT2D eigenvalue weighted by molar-refractivity contribution is 6.34. The van der Waals surface area contributed by atoms with Crippen molar-refractivity contribution >= 4 is 41.1 Å². The number of ether oxygens (including phenoxy) is 1. The zero-order valence-electron chi connectivity index (χ0n) is 17.7. The molecule has 0 aliphatic heterocycles. The molecule has 0 radical (unpaired) electrons. The van der Waals surface area contributed by atoms with E-state index in [4.69, 9.17) is 11.6 Å². The summed E-state index contributed by atoms with van der Waals surface area (Å²) < 4.78 is 4.67. The lowest BCUT2D eigenvalue weighted by molar-refractivity contribution is -0.113. The second-order valence-electron chi connectivity index (χ2n) is 6.81. The minimum Gasteiger partial charge on any atom is -0.465 e. The van der Waals surface area contributed by atoms with Crippen molar-refractivity contribution in [3.63, 3.8) is 0 Å². The zero-order valence-corrected chi connectivity index (χ0v) is 18.5. The summed E-state index contributed by atoms with van der Waals surface area (Å²) in [5, 5.41) is 5.60. The van der Waals surface area contributed by atoms with Gasteiger partial charge in [-0.25, -0.2) is 4.79 Å². The van der Waals surface area contributed by atoms with Gasteiger partial charge >= 0.3 is 5.97 Å². The molecule has 6 nitrogen and oxygen atoms in total. The largest absolute Gasteiger partial charge is 0.465 e. The number of rotatable bonds is 7. The van der Waals surface area contributed by atoms with Gasteiger partial charge in [0.1, 0.15) is 5.70 Å². The van der Waals surface area contributed by atoms with Gasteiger partial charge in [0.15, 0.2) is 0 Å². The lowest BCUT2D eigenvalue weighted by atomic mass is 10.2. The van der Waals surface area contributed by atoms with Gasteiger partial charge in [0.05, 0.1) is 23.3 Å². The Morgan fingerprint density at radius 1 is 0.879 bits per heavy atom. The molecular formula is C26H21ClN2O4. The fourth-order valence-corrected chi connectivity index (χ4v) is 3.06. The maximum Gasteiger partial charge on any atom is 0.337 e. The molecule has 3 aromatic carbocycles. The third-order valence-corrected chi connectivity index (χ3v) is 4.86. The Labute approximate surface area is 196 Å². The maximum atomic E-state index is 12.9. The first-order valence-electron chi connectivity index (χ1n) is 9.97. The molecule has 0 bridgehead atoms. The van der Waals surface area contributed by atoms with Gasteiger partial charge in [0, 0.05) is 5.69 Å². The van der Waals surface area contributed by atoms with Gasteiger partial charge in [-0.3, -0.25) is 9.59 Å². The Morgan fingerprint density at radius 2 is 1.55 bits per heavy atom. The van der Waals surface area contributed by atoms with Crippen LogP contribution in [0.3, 0.4) is 0 Å². The number of amides is 2. The van der Waals surface area contributed by atoms with Gasteiger partial charge < -0.3 is 15.4 Å². The van der Waals surface area contributed by atoms with Gasteiger partial charge in [-0.15, -0.1) is 0 Å². The number of allylic oxidation sites excluding steroid dienone is 2. The molecule has 0 heterocycles. The molecule has 3 aromatic rings. The molecule has 0 aliphatic rings. The Hall–Kier alpha value is -4.16. The summed E-state index contributed by atoms with van der Waals surface area (Å²) in [7, 11) is 1.29. The molecule has 166 valence electrons. The van der Waals surface area contributed by atoms with Crippen molar-refractivity contribution in [2.45, 2.75) is 0 Å². The molecule has 2 N–H and O–H groups in total. The van der Waals surface area contributed by atoms with Gasteiger partial charge in [-0.05, 0) is 48.0 Å². The maximum absolute atomic E-state index is 12.9. The third kappa shape index (κ3) is 6.66. The van der Waals surface area contributed by atoms with E-state index >= 15 is 0 Å². The molecule has 0 saturated carbocycles. The van der Waals surface area contributed by atoms with E-state index < -0.39 is 17.8 Å². The van der Waals surface area contributed by atoms with Crippen molar-refractivity contribution in [1.29, 1.82) is 0 Å². The average Bonchev–Trinajstić information content (AvgIpc) is 2.84. The molecule has 2 amide bonds. The SMILES string of the molecule is COC(=O)c1ccc(NC(=O)/C(=C\C=C\c2ccccc2)NC(=O)c2ccccc2Cl)cc1. The van der Waals surface area contributed by atoms with Crippen molar-refractivity contribution < 1.29 is 19.1 Å². The number of carbonyl (C=O) groups is 3. The third-order valence-electron chi connectivity index (χ3n) is 4.53. The summed E-state index contributed by atoms with van der Waals surface area (Å²) in [6.07, 6.45) is 4.97. The number of anilines is 1. The number of nitrogens with one attached hydrogen (secondary N) is 2. The van der Waals surface area contributed by atoms with Crippen LogP contribution in [-0.4, -0.2) is 24.9 Å². The molecule has 3 rings (SSSR count). The van der Waals surface area contributed by atoms with Gasteiger partial charge in [-0.1, -0.05) is 66.2 Å². The van der Waals surface area contributed by atoms with Crippen LogP contribution in [0.25, 0.3) is 6.08 Å². The van der Waals surface area contributed by atoms with Gasteiger partial charge in [-0.2, -0.15) is 0 Å². The highest BCUT2D eigenvalue weighted by Gasteiger charge is 2.16. The number of halogens is 1. The molecule has 0 spiro atoms. The van der Waals surface area contributed by atoms with Crippen LogP contribution in [0.4, 0.5) is 5.69 Å². The molecule has 0 unspecified atom stereocenters. The van der Waals surface area contributed by atoms with Crippen LogP contribution in [0, 0.1) is 0 Å². The van der Waals surface area contributed by atoms with Gasteiger partial charge in [0.2, 0.25) is 0 Å². The number of carbonyl (C=O) groups excluding carboxylic acids is 3. The smallest absolute Gasteiger partial charge is 0.337 e. The Morgan fingerprint density at radius 3 is 2.21 bits per heavy atom. The second kappa shape index (κ2) is 11.5. The minimum absolute atomic E-state index is 0.0177. The van der Waals surface area contributed by atoms with Gasteiger partial charge in [0.25, 0.3) is 11.8 Å². The van der Waals surface area contributed by atoms with Crippen LogP contribution in [0.5, 0.6) is 0 Å². The Balaban J connectivity index is 1.82. The van der Waals surface area contributed by atoms with E-state index in [9.17, 15) is 14.4 Å². The van der Waals surface area contributed by atoms with Crippen LogP contribution in [0.1, 0.15) is 26.3 Å². The molecule has 0 aromatic heterocycles. The van der Waals surface area contributed by atoms with Crippen LogP contribution < -0.4 is 10.6 Å². The molecule has 0 fully saturated rings.